The SMILES string of the molecule is CCCCCCl.N#Cc1cccc(F)c1OCc1ccccc1. The average Bonchev–Trinajstić information content (AvgIpc) is 2.60. The molecule has 0 unspecified atom stereocenters. The van der Waals surface area contributed by atoms with E-state index in [0.29, 0.717) is 0 Å². The Bertz CT molecular complexity index is 607. The van der Waals surface area contributed by atoms with Gasteiger partial charge in [-0.15, -0.1) is 11.6 Å². The van der Waals surface area contributed by atoms with E-state index >= 15 is 0 Å². The molecule has 0 aliphatic rings. The highest BCUT2D eigenvalue weighted by molar-refractivity contribution is 6.17. The van der Waals surface area contributed by atoms with Gasteiger partial charge in [0.15, 0.2) is 11.6 Å². The van der Waals surface area contributed by atoms with Gasteiger partial charge in [-0.25, -0.2) is 4.39 Å². The highest BCUT2D eigenvalue weighted by Gasteiger charge is 2.09. The van der Waals surface area contributed by atoms with Crippen molar-refractivity contribution in [1.29, 1.82) is 5.26 Å². The Balaban J connectivity index is 0.000000379. The van der Waals surface area contributed by atoms with Gasteiger partial charge in [-0.1, -0.05) is 56.2 Å². The monoisotopic (exact) mass is 333 g/mol. The van der Waals surface area contributed by atoms with Crippen LogP contribution in [0.3, 0.4) is 0 Å². The summed E-state index contributed by atoms with van der Waals surface area (Å²) in [5.74, 6) is 0.326. The molecule has 2 rings (SSSR count). The van der Waals surface area contributed by atoms with Crippen molar-refractivity contribution in [2.24, 2.45) is 0 Å². The summed E-state index contributed by atoms with van der Waals surface area (Å²) >= 11 is 5.38. The number of halogens is 2. The van der Waals surface area contributed by atoms with Crippen molar-refractivity contribution >= 4 is 11.6 Å². The fourth-order valence-corrected chi connectivity index (χ4v) is 2.01. The minimum absolute atomic E-state index is 0.0128. The van der Waals surface area contributed by atoms with Crippen LogP contribution in [-0.2, 0) is 6.61 Å². The maximum atomic E-state index is 13.5. The Labute approximate surface area is 142 Å². The second kappa shape index (κ2) is 11.5. The van der Waals surface area contributed by atoms with Crippen molar-refractivity contribution in [2.75, 3.05) is 5.88 Å². The van der Waals surface area contributed by atoms with Crippen LogP contribution in [0.2, 0.25) is 0 Å². The van der Waals surface area contributed by atoms with E-state index in [1.165, 1.54) is 37.5 Å². The number of unbranched alkanes of at least 4 members (excludes halogenated alkanes) is 2. The standard InChI is InChI=1S/C14H10FNO.C5H11Cl/c15-13-8-4-7-12(9-16)14(13)17-10-11-5-2-1-3-6-11;1-2-3-4-5-6/h1-8H,10H2;2-5H2,1H3. The van der Waals surface area contributed by atoms with Crippen LogP contribution >= 0.6 is 11.6 Å². The molecule has 2 aromatic carbocycles. The molecule has 0 atom stereocenters. The number of alkyl halides is 1. The highest BCUT2D eigenvalue weighted by Crippen LogP contribution is 2.22. The van der Waals surface area contributed by atoms with Crippen LogP contribution in [0.1, 0.15) is 37.3 Å². The molecule has 0 spiro atoms. The van der Waals surface area contributed by atoms with Crippen molar-refractivity contribution in [1.82, 2.24) is 0 Å². The van der Waals surface area contributed by atoms with Gasteiger partial charge in [0.2, 0.25) is 0 Å². The van der Waals surface area contributed by atoms with Crippen LogP contribution in [0.5, 0.6) is 5.75 Å². The normalized spacial score (nSPS) is 9.48. The zero-order chi connectivity index (χ0) is 16.9. The maximum Gasteiger partial charge on any atom is 0.173 e. The zero-order valence-corrected chi connectivity index (χ0v) is 14.0. The lowest BCUT2D eigenvalue weighted by Crippen LogP contribution is -1.99. The lowest BCUT2D eigenvalue weighted by Gasteiger charge is -2.08. The van der Waals surface area contributed by atoms with E-state index in [0.717, 1.165) is 11.4 Å². The molecule has 122 valence electrons. The quantitative estimate of drug-likeness (QED) is 0.502. The summed E-state index contributed by atoms with van der Waals surface area (Å²) in [6.07, 6.45) is 3.73. The lowest BCUT2D eigenvalue weighted by atomic mass is 10.2. The molecule has 0 heterocycles. The Morgan fingerprint density at radius 2 is 1.83 bits per heavy atom. The Morgan fingerprint density at radius 1 is 1.09 bits per heavy atom. The summed E-state index contributed by atoms with van der Waals surface area (Å²) < 4.78 is 18.8. The van der Waals surface area contributed by atoms with Gasteiger partial charge in [-0.05, 0) is 24.1 Å². The molecule has 0 saturated heterocycles. The predicted molar refractivity (Wildman–Crippen MR) is 92.1 cm³/mol. The largest absolute Gasteiger partial charge is 0.484 e. The van der Waals surface area contributed by atoms with E-state index in [4.69, 9.17) is 21.6 Å². The van der Waals surface area contributed by atoms with Crippen molar-refractivity contribution in [3.8, 4) is 11.8 Å². The number of hydrogen-bond donors (Lipinski definition) is 0. The van der Waals surface area contributed by atoms with Gasteiger partial charge in [0.25, 0.3) is 0 Å². The molecule has 4 heteroatoms. The van der Waals surface area contributed by atoms with Crippen molar-refractivity contribution in [3.05, 3.63) is 65.5 Å². The molecule has 2 nitrogen and oxygen atoms in total. The Hall–Kier alpha value is -2.05. The number of hydrogen-bond acceptors (Lipinski definition) is 2. The highest BCUT2D eigenvalue weighted by atomic mass is 35.5. The summed E-state index contributed by atoms with van der Waals surface area (Å²) in [5.41, 5.74) is 1.14. The van der Waals surface area contributed by atoms with Crippen LogP contribution < -0.4 is 4.74 Å². The molecule has 2 aromatic rings. The lowest BCUT2D eigenvalue weighted by molar-refractivity contribution is 0.289. The molecule has 0 aliphatic heterocycles. The molecule has 23 heavy (non-hydrogen) atoms. The van der Waals surface area contributed by atoms with Gasteiger partial charge in [0.05, 0.1) is 5.56 Å². The molecular formula is C19H21ClFNO. The van der Waals surface area contributed by atoms with Crippen LogP contribution in [-0.4, -0.2) is 5.88 Å². The Kier molecular flexibility index (Phi) is 9.51. The first-order chi connectivity index (χ1) is 11.2. The van der Waals surface area contributed by atoms with Crippen molar-refractivity contribution in [2.45, 2.75) is 32.8 Å². The molecule has 0 N–H and O–H groups in total. The fraction of sp³-hybridized carbons (Fsp3) is 0.316. The van der Waals surface area contributed by atoms with Crippen molar-refractivity contribution in [3.63, 3.8) is 0 Å². The topological polar surface area (TPSA) is 33.0 Å². The number of nitriles is 1. The molecular weight excluding hydrogens is 313 g/mol. The molecule has 0 saturated carbocycles. The maximum absolute atomic E-state index is 13.5. The van der Waals surface area contributed by atoms with Gasteiger partial charge in [0.1, 0.15) is 12.7 Å². The summed E-state index contributed by atoms with van der Waals surface area (Å²) in [6.45, 7) is 2.42. The van der Waals surface area contributed by atoms with Crippen LogP contribution in [0.4, 0.5) is 4.39 Å². The minimum Gasteiger partial charge on any atom is -0.484 e. The second-order valence-corrected chi connectivity index (χ2v) is 5.28. The fourth-order valence-electron chi connectivity index (χ4n) is 1.82. The molecule has 0 bridgehead atoms. The zero-order valence-electron chi connectivity index (χ0n) is 13.3. The minimum atomic E-state index is -0.514. The summed E-state index contributed by atoms with van der Waals surface area (Å²) in [4.78, 5) is 0. The van der Waals surface area contributed by atoms with E-state index in [9.17, 15) is 4.39 Å². The molecule has 0 aromatic heterocycles. The van der Waals surface area contributed by atoms with Crippen LogP contribution in [0.15, 0.2) is 48.5 Å². The second-order valence-electron chi connectivity index (χ2n) is 4.90. The van der Waals surface area contributed by atoms with E-state index in [2.05, 4.69) is 6.92 Å². The average molecular weight is 334 g/mol. The Morgan fingerprint density at radius 3 is 2.39 bits per heavy atom. The predicted octanol–water partition coefficient (Wildman–Crippen LogP) is 5.69. The summed E-state index contributed by atoms with van der Waals surface area (Å²) in [6, 6.07) is 15.6. The number of rotatable bonds is 6. The number of nitrogens with zero attached hydrogens (tertiary/aromatic N) is 1. The number of para-hydroxylation sites is 1. The van der Waals surface area contributed by atoms with Gasteiger partial charge in [0, 0.05) is 5.88 Å². The third-order valence-electron chi connectivity index (χ3n) is 3.05. The third-order valence-corrected chi connectivity index (χ3v) is 3.32. The summed E-state index contributed by atoms with van der Waals surface area (Å²) in [7, 11) is 0. The first-order valence-electron chi connectivity index (χ1n) is 7.64. The third kappa shape index (κ3) is 7.17. The first kappa shape index (κ1) is 19.0. The van der Waals surface area contributed by atoms with Crippen LogP contribution in [0.25, 0.3) is 0 Å². The van der Waals surface area contributed by atoms with Gasteiger partial charge in [-0.2, -0.15) is 5.26 Å². The molecule has 0 aliphatic carbocycles. The van der Waals surface area contributed by atoms with Crippen molar-refractivity contribution < 1.29 is 9.13 Å². The van der Waals surface area contributed by atoms with E-state index in [-0.39, 0.29) is 17.9 Å². The molecule has 0 amide bonds. The van der Waals surface area contributed by atoms with E-state index in [1.807, 2.05) is 36.4 Å². The van der Waals surface area contributed by atoms with Gasteiger partial charge >= 0.3 is 0 Å². The number of benzene rings is 2. The summed E-state index contributed by atoms with van der Waals surface area (Å²) in [5, 5.41) is 8.84. The van der Waals surface area contributed by atoms with Gasteiger partial charge in [-0.3, -0.25) is 0 Å². The van der Waals surface area contributed by atoms with E-state index in [1.54, 1.807) is 0 Å². The number of ether oxygens (including phenoxy) is 1. The van der Waals surface area contributed by atoms with Crippen LogP contribution in [0, 0.1) is 17.1 Å². The molecule has 0 radical (unpaired) electrons. The van der Waals surface area contributed by atoms with E-state index < -0.39 is 5.82 Å². The first-order valence-corrected chi connectivity index (χ1v) is 8.17. The molecule has 0 fully saturated rings. The smallest absolute Gasteiger partial charge is 0.173 e. The van der Waals surface area contributed by atoms with Gasteiger partial charge < -0.3 is 4.74 Å².